The minimum atomic E-state index is 0. The average Bonchev–Trinajstić information content (AvgIpc) is 2.15. The molecule has 1 aromatic rings. The highest BCUT2D eigenvalue weighted by atomic mass is 35.5. The summed E-state index contributed by atoms with van der Waals surface area (Å²) in [5, 5.41) is 3.15. The van der Waals surface area contributed by atoms with E-state index in [1.807, 2.05) is 26.1 Å². The highest BCUT2D eigenvalue weighted by molar-refractivity contribution is 5.93. The van der Waals surface area contributed by atoms with Gasteiger partial charge in [0.25, 0.3) is 5.91 Å². The van der Waals surface area contributed by atoms with E-state index in [4.69, 9.17) is 0 Å². The van der Waals surface area contributed by atoms with Gasteiger partial charge in [0.2, 0.25) is 0 Å². The lowest BCUT2D eigenvalue weighted by Crippen LogP contribution is -2.57. The molecule has 0 unspecified atom stereocenters. The smallest absolute Gasteiger partial charge is 0.272 e. The molecule has 1 saturated heterocycles. The van der Waals surface area contributed by atoms with Crippen molar-refractivity contribution in [2.75, 3.05) is 20.1 Å². The molecule has 0 aromatic carbocycles. The summed E-state index contributed by atoms with van der Waals surface area (Å²) in [6.07, 6.45) is 1.66. The van der Waals surface area contributed by atoms with Gasteiger partial charge >= 0.3 is 0 Å². The van der Waals surface area contributed by atoms with Crippen LogP contribution in [0.3, 0.4) is 0 Å². The van der Waals surface area contributed by atoms with Gasteiger partial charge in [0.15, 0.2) is 0 Å². The SMILES string of the molecule is Cc1cccnc1C(=O)N(C)C1CNC1.Cl.Cl. The highest BCUT2D eigenvalue weighted by Crippen LogP contribution is 2.10. The molecule has 1 N–H and O–H groups in total. The van der Waals surface area contributed by atoms with Crippen LogP contribution in [0.15, 0.2) is 18.3 Å². The quantitative estimate of drug-likeness (QED) is 0.886. The van der Waals surface area contributed by atoms with Gasteiger partial charge in [-0.05, 0) is 18.6 Å². The number of rotatable bonds is 2. The average molecular weight is 278 g/mol. The van der Waals surface area contributed by atoms with E-state index in [-0.39, 0.29) is 30.7 Å². The number of aromatic nitrogens is 1. The van der Waals surface area contributed by atoms with Crippen molar-refractivity contribution < 1.29 is 4.79 Å². The van der Waals surface area contributed by atoms with Crippen molar-refractivity contribution in [1.82, 2.24) is 15.2 Å². The maximum atomic E-state index is 12.0. The third-order valence-electron chi connectivity index (χ3n) is 2.84. The molecular weight excluding hydrogens is 261 g/mol. The van der Waals surface area contributed by atoms with E-state index in [0.29, 0.717) is 11.7 Å². The van der Waals surface area contributed by atoms with Gasteiger partial charge in [-0.2, -0.15) is 0 Å². The van der Waals surface area contributed by atoms with E-state index < -0.39 is 0 Å². The van der Waals surface area contributed by atoms with Gasteiger partial charge in [-0.15, -0.1) is 24.8 Å². The zero-order chi connectivity index (χ0) is 10.8. The molecule has 1 aliphatic heterocycles. The summed E-state index contributed by atoms with van der Waals surface area (Å²) in [6.45, 7) is 3.68. The van der Waals surface area contributed by atoms with Gasteiger partial charge in [-0.3, -0.25) is 9.78 Å². The first-order valence-electron chi connectivity index (χ1n) is 5.09. The van der Waals surface area contributed by atoms with Crippen molar-refractivity contribution in [1.29, 1.82) is 0 Å². The second-order valence-corrected chi connectivity index (χ2v) is 3.90. The van der Waals surface area contributed by atoms with E-state index >= 15 is 0 Å². The second kappa shape index (κ2) is 6.79. The molecule has 1 fully saturated rings. The lowest BCUT2D eigenvalue weighted by Gasteiger charge is -2.35. The fourth-order valence-electron chi connectivity index (χ4n) is 1.59. The van der Waals surface area contributed by atoms with Crippen LogP contribution in [0.2, 0.25) is 0 Å². The largest absolute Gasteiger partial charge is 0.335 e. The summed E-state index contributed by atoms with van der Waals surface area (Å²) in [7, 11) is 1.84. The van der Waals surface area contributed by atoms with Crippen molar-refractivity contribution in [2.45, 2.75) is 13.0 Å². The molecule has 0 saturated carbocycles. The number of pyridine rings is 1. The lowest BCUT2D eigenvalue weighted by atomic mass is 10.1. The van der Waals surface area contributed by atoms with Crippen LogP contribution in [-0.2, 0) is 0 Å². The zero-order valence-electron chi connectivity index (χ0n) is 9.84. The molecular formula is C11H17Cl2N3O. The predicted molar refractivity (Wildman–Crippen MR) is 72.2 cm³/mol. The molecule has 1 aliphatic rings. The van der Waals surface area contributed by atoms with Gasteiger partial charge in [0.1, 0.15) is 5.69 Å². The lowest BCUT2D eigenvalue weighted by molar-refractivity contribution is 0.0674. The van der Waals surface area contributed by atoms with E-state index in [9.17, 15) is 4.79 Å². The molecule has 1 aromatic heterocycles. The predicted octanol–water partition coefficient (Wildman–Crippen LogP) is 1.28. The van der Waals surface area contributed by atoms with E-state index in [2.05, 4.69) is 10.3 Å². The molecule has 17 heavy (non-hydrogen) atoms. The number of amides is 1. The van der Waals surface area contributed by atoms with Gasteiger partial charge in [0, 0.05) is 26.3 Å². The third kappa shape index (κ3) is 3.31. The first-order chi connectivity index (χ1) is 7.20. The Morgan fingerprint density at radius 2 is 2.12 bits per heavy atom. The molecule has 0 atom stereocenters. The molecule has 0 aliphatic carbocycles. The molecule has 1 amide bonds. The number of hydrogen-bond donors (Lipinski definition) is 1. The van der Waals surface area contributed by atoms with Crippen LogP contribution in [0.25, 0.3) is 0 Å². The number of hydrogen-bond acceptors (Lipinski definition) is 3. The van der Waals surface area contributed by atoms with Crippen LogP contribution < -0.4 is 5.32 Å². The fraction of sp³-hybridized carbons (Fsp3) is 0.455. The summed E-state index contributed by atoms with van der Waals surface area (Å²) in [5.74, 6) is 0.0135. The first-order valence-corrected chi connectivity index (χ1v) is 5.09. The van der Waals surface area contributed by atoms with Crippen molar-refractivity contribution in [2.24, 2.45) is 0 Å². The first kappa shape index (κ1) is 16.2. The number of likely N-dealkylation sites (N-methyl/N-ethyl adjacent to an activating group) is 1. The number of carbonyl (C=O) groups is 1. The van der Waals surface area contributed by atoms with Crippen LogP contribution in [0.5, 0.6) is 0 Å². The van der Waals surface area contributed by atoms with E-state index in [1.165, 1.54) is 0 Å². The number of nitrogens with zero attached hydrogens (tertiary/aromatic N) is 2. The Morgan fingerprint density at radius 3 is 2.59 bits per heavy atom. The molecule has 2 heterocycles. The van der Waals surface area contributed by atoms with Gasteiger partial charge in [-0.25, -0.2) is 0 Å². The van der Waals surface area contributed by atoms with E-state index in [0.717, 1.165) is 18.7 Å². The summed E-state index contributed by atoms with van der Waals surface area (Å²) in [5.41, 5.74) is 1.49. The number of halogens is 2. The maximum absolute atomic E-state index is 12.0. The van der Waals surface area contributed by atoms with Crippen LogP contribution in [0.4, 0.5) is 0 Å². The third-order valence-corrected chi connectivity index (χ3v) is 2.84. The van der Waals surface area contributed by atoms with Gasteiger partial charge in [-0.1, -0.05) is 6.07 Å². The minimum Gasteiger partial charge on any atom is -0.335 e. The van der Waals surface area contributed by atoms with E-state index in [1.54, 1.807) is 11.1 Å². The van der Waals surface area contributed by atoms with Crippen molar-refractivity contribution in [3.05, 3.63) is 29.6 Å². The molecule has 0 spiro atoms. The summed E-state index contributed by atoms with van der Waals surface area (Å²) >= 11 is 0. The highest BCUT2D eigenvalue weighted by Gasteiger charge is 2.27. The number of carbonyl (C=O) groups excluding carboxylic acids is 1. The van der Waals surface area contributed by atoms with Crippen molar-refractivity contribution in [3.8, 4) is 0 Å². The fourth-order valence-corrected chi connectivity index (χ4v) is 1.59. The molecule has 96 valence electrons. The Bertz CT molecular complexity index is 383. The second-order valence-electron chi connectivity index (χ2n) is 3.90. The van der Waals surface area contributed by atoms with Crippen LogP contribution in [0, 0.1) is 6.92 Å². The molecule has 2 rings (SSSR count). The van der Waals surface area contributed by atoms with Gasteiger partial charge in [0.05, 0.1) is 6.04 Å². The Balaban J connectivity index is 0.00000128. The monoisotopic (exact) mass is 277 g/mol. The van der Waals surface area contributed by atoms with Crippen molar-refractivity contribution in [3.63, 3.8) is 0 Å². The Kier molecular flexibility index (Phi) is 6.45. The maximum Gasteiger partial charge on any atom is 0.272 e. The Morgan fingerprint density at radius 1 is 1.47 bits per heavy atom. The van der Waals surface area contributed by atoms with Gasteiger partial charge < -0.3 is 10.2 Å². The van der Waals surface area contributed by atoms with Crippen LogP contribution >= 0.6 is 24.8 Å². The normalized spacial score (nSPS) is 14.0. The number of nitrogens with one attached hydrogen (secondary N) is 1. The number of aryl methyl sites for hydroxylation is 1. The Labute approximate surface area is 114 Å². The molecule has 0 bridgehead atoms. The van der Waals surface area contributed by atoms with Crippen LogP contribution in [0.1, 0.15) is 16.1 Å². The molecule has 6 heteroatoms. The summed E-state index contributed by atoms with van der Waals surface area (Å²) in [6, 6.07) is 4.07. The summed E-state index contributed by atoms with van der Waals surface area (Å²) in [4.78, 5) is 17.9. The molecule has 4 nitrogen and oxygen atoms in total. The van der Waals surface area contributed by atoms with Crippen LogP contribution in [-0.4, -0.2) is 42.0 Å². The Hall–Kier alpha value is -0.840. The topological polar surface area (TPSA) is 45.2 Å². The summed E-state index contributed by atoms with van der Waals surface area (Å²) < 4.78 is 0. The van der Waals surface area contributed by atoms with Crippen molar-refractivity contribution >= 4 is 30.7 Å². The molecule has 0 radical (unpaired) electrons. The standard InChI is InChI=1S/C11H15N3O.2ClH/c1-8-4-3-5-13-10(8)11(15)14(2)9-6-12-7-9;;/h3-5,9,12H,6-7H2,1-2H3;2*1H. The minimum absolute atomic E-state index is 0. The zero-order valence-corrected chi connectivity index (χ0v) is 11.5.